The van der Waals surface area contributed by atoms with Crippen molar-refractivity contribution >= 4 is 32.3 Å². The third-order valence-electron chi connectivity index (χ3n) is 7.10. The van der Waals surface area contributed by atoms with E-state index in [0.717, 1.165) is 48.2 Å². The van der Waals surface area contributed by atoms with E-state index in [0.29, 0.717) is 25.1 Å². The van der Waals surface area contributed by atoms with E-state index in [-0.39, 0.29) is 0 Å². The summed E-state index contributed by atoms with van der Waals surface area (Å²) in [6.45, 7) is 8.57. The fraction of sp³-hybridized carbons (Fsp3) is 0.429. The molecule has 1 saturated heterocycles. The number of aliphatic hydroxyl groups excluding tert-OH is 1. The Morgan fingerprint density at radius 3 is 2.85 bits per heavy atom. The summed E-state index contributed by atoms with van der Waals surface area (Å²) < 4.78 is 7.44. The number of thiophene rings is 1. The molecule has 3 atom stereocenters. The van der Waals surface area contributed by atoms with Gasteiger partial charge in [0, 0.05) is 38.8 Å². The average molecular weight is 463 g/mol. The summed E-state index contributed by atoms with van der Waals surface area (Å²) in [6.07, 6.45) is 2.87. The maximum Gasteiger partial charge on any atom is 0.128 e. The number of ether oxygens (including phenoxy) is 1. The number of likely N-dealkylation sites (tertiary alicyclic amines) is 1. The molecule has 4 nitrogen and oxygen atoms in total. The zero-order valence-corrected chi connectivity index (χ0v) is 20.6. The zero-order valence-electron chi connectivity index (χ0n) is 19.8. The van der Waals surface area contributed by atoms with Gasteiger partial charge >= 0.3 is 0 Å². The van der Waals surface area contributed by atoms with Crippen LogP contribution in [0.2, 0.25) is 0 Å². The molecule has 174 valence electrons. The normalized spacial score (nSPS) is 20.5. The highest BCUT2D eigenvalue weighted by atomic mass is 32.1. The van der Waals surface area contributed by atoms with Gasteiger partial charge in [0.1, 0.15) is 18.5 Å². The number of piperidine rings is 1. The number of aromatic amines is 1. The number of aromatic nitrogens is 1. The SMILES string of the molecule is CCc1cccc2sc([C@@H]3CCN(C[C@H](O)COc4cccc5[nH]c(C)cc45)[C@H](C)C3)cc12. The Labute approximate surface area is 200 Å². The Morgan fingerprint density at radius 2 is 2.03 bits per heavy atom. The van der Waals surface area contributed by atoms with E-state index in [2.05, 4.69) is 60.1 Å². The Hall–Kier alpha value is -2.34. The Kier molecular flexibility index (Phi) is 6.46. The first kappa shape index (κ1) is 22.5. The molecule has 0 spiro atoms. The minimum absolute atomic E-state index is 0.312. The van der Waals surface area contributed by atoms with Crippen LogP contribution in [-0.4, -0.2) is 46.8 Å². The zero-order chi connectivity index (χ0) is 22.9. The number of fused-ring (bicyclic) bond motifs is 2. The number of rotatable bonds is 7. The topological polar surface area (TPSA) is 48.5 Å². The van der Waals surface area contributed by atoms with Crippen molar-refractivity contribution in [1.29, 1.82) is 0 Å². The molecule has 0 amide bonds. The summed E-state index contributed by atoms with van der Waals surface area (Å²) in [5.74, 6) is 1.44. The van der Waals surface area contributed by atoms with Crippen LogP contribution < -0.4 is 4.74 Å². The van der Waals surface area contributed by atoms with Crippen molar-refractivity contribution in [3.63, 3.8) is 0 Å². The van der Waals surface area contributed by atoms with Crippen LogP contribution in [0.5, 0.6) is 5.75 Å². The molecule has 3 heterocycles. The van der Waals surface area contributed by atoms with Crippen LogP contribution in [0.15, 0.2) is 48.5 Å². The van der Waals surface area contributed by atoms with Crippen molar-refractivity contribution in [2.75, 3.05) is 19.7 Å². The van der Waals surface area contributed by atoms with E-state index in [9.17, 15) is 5.11 Å². The van der Waals surface area contributed by atoms with Crippen LogP contribution in [0.25, 0.3) is 21.0 Å². The Balaban J connectivity index is 1.18. The average Bonchev–Trinajstić information content (AvgIpc) is 3.41. The third-order valence-corrected chi connectivity index (χ3v) is 8.37. The van der Waals surface area contributed by atoms with Gasteiger partial charge < -0.3 is 14.8 Å². The van der Waals surface area contributed by atoms with Crippen LogP contribution in [0.1, 0.15) is 48.7 Å². The van der Waals surface area contributed by atoms with Gasteiger partial charge in [-0.2, -0.15) is 0 Å². The molecule has 2 N–H and O–H groups in total. The summed E-state index contributed by atoms with van der Waals surface area (Å²) in [6, 6.07) is 17.7. The van der Waals surface area contributed by atoms with Gasteiger partial charge in [-0.05, 0) is 86.9 Å². The summed E-state index contributed by atoms with van der Waals surface area (Å²) in [7, 11) is 0. The Morgan fingerprint density at radius 1 is 1.18 bits per heavy atom. The minimum atomic E-state index is -0.504. The largest absolute Gasteiger partial charge is 0.490 e. The van der Waals surface area contributed by atoms with Crippen LogP contribution in [0, 0.1) is 6.92 Å². The van der Waals surface area contributed by atoms with E-state index in [1.54, 1.807) is 0 Å². The fourth-order valence-corrected chi connectivity index (χ4v) is 6.56. The highest BCUT2D eigenvalue weighted by Crippen LogP contribution is 2.39. The van der Waals surface area contributed by atoms with E-state index in [4.69, 9.17) is 4.74 Å². The molecular weight excluding hydrogens is 428 g/mol. The molecule has 1 aliphatic heterocycles. The van der Waals surface area contributed by atoms with Crippen LogP contribution in [0.3, 0.4) is 0 Å². The van der Waals surface area contributed by atoms with Gasteiger partial charge in [0.05, 0.1) is 0 Å². The molecule has 2 aromatic heterocycles. The van der Waals surface area contributed by atoms with Gasteiger partial charge in [-0.3, -0.25) is 4.90 Å². The van der Waals surface area contributed by atoms with E-state index < -0.39 is 6.10 Å². The third kappa shape index (κ3) is 4.68. The molecule has 33 heavy (non-hydrogen) atoms. The second-order valence-corrected chi connectivity index (χ2v) is 10.6. The molecule has 0 saturated carbocycles. The van der Waals surface area contributed by atoms with Crippen LogP contribution in [-0.2, 0) is 6.42 Å². The van der Waals surface area contributed by atoms with Crippen LogP contribution >= 0.6 is 11.3 Å². The van der Waals surface area contributed by atoms with Crippen LogP contribution in [0.4, 0.5) is 0 Å². The molecule has 0 unspecified atom stereocenters. The maximum absolute atomic E-state index is 10.7. The number of nitrogens with zero attached hydrogens (tertiary/aromatic N) is 1. The monoisotopic (exact) mass is 462 g/mol. The second kappa shape index (κ2) is 9.49. The molecule has 0 bridgehead atoms. The number of nitrogens with one attached hydrogen (secondary N) is 1. The predicted molar refractivity (Wildman–Crippen MR) is 139 cm³/mol. The number of benzene rings is 2. The number of β-amino-alcohol motifs (C(OH)–C–C–N with tert-alkyl or cyclic N) is 1. The first-order valence-electron chi connectivity index (χ1n) is 12.2. The first-order valence-corrected chi connectivity index (χ1v) is 13.0. The van der Waals surface area contributed by atoms with Gasteiger partial charge in [-0.15, -0.1) is 11.3 Å². The summed E-state index contributed by atoms with van der Waals surface area (Å²) >= 11 is 1.97. The number of hydrogen-bond acceptors (Lipinski definition) is 4. The molecule has 2 aromatic carbocycles. The minimum Gasteiger partial charge on any atom is -0.490 e. The highest BCUT2D eigenvalue weighted by Gasteiger charge is 2.29. The summed E-state index contributed by atoms with van der Waals surface area (Å²) in [4.78, 5) is 7.29. The molecular formula is C28H34N2O2S. The smallest absolute Gasteiger partial charge is 0.128 e. The number of aryl methyl sites for hydroxylation is 2. The number of aliphatic hydroxyl groups is 1. The lowest BCUT2D eigenvalue weighted by atomic mass is 9.89. The Bertz CT molecular complexity index is 1240. The van der Waals surface area contributed by atoms with Gasteiger partial charge in [0.25, 0.3) is 0 Å². The fourth-order valence-electron chi connectivity index (χ4n) is 5.30. The van der Waals surface area contributed by atoms with Crippen molar-refractivity contribution in [2.24, 2.45) is 0 Å². The quantitative estimate of drug-likeness (QED) is 0.341. The van der Waals surface area contributed by atoms with E-state index in [1.807, 2.05) is 30.4 Å². The highest BCUT2D eigenvalue weighted by molar-refractivity contribution is 7.19. The lowest BCUT2D eigenvalue weighted by molar-refractivity contribution is 0.0408. The van der Waals surface area contributed by atoms with Gasteiger partial charge in [0.15, 0.2) is 0 Å². The second-order valence-electron chi connectivity index (χ2n) is 9.53. The van der Waals surface area contributed by atoms with Crippen molar-refractivity contribution in [1.82, 2.24) is 9.88 Å². The molecule has 0 aliphatic carbocycles. The molecule has 0 radical (unpaired) electrons. The molecule has 1 fully saturated rings. The summed E-state index contributed by atoms with van der Waals surface area (Å²) in [5, 5.41) is 13.2. The lowest BCUT2D eigenvalue weighted by Crippen LogP contribution is -2.45. The van der Waals surface area contributed by atoms with Crippen molar-refractivity contribution in [3.8, 4) is 5.75 Å². The van der Waals surface area contributed by atoms with Crippen molar-refractivity contribution in [2.45, 2.75) is 58.1 Å². The molecule has 1 aliphatic rings. The lowest BCUT2D eigenvalue weighted by Gasteiger charge is -2.38. The van der Waals surface area contributed by atoms with Crippen molar-refractivity contribution < 1.29 is 9.84 Å². The number of hydrogen-bond donors (Lipinski definition) is 2. The summed E-state index contributed by atoms with van der Waals surface area (Å²) in [5.41, 5.74) is 3.64. The molecule has 4 aromatic rings. The molecule has 5 rings (SSSR count). The number of H-pyrrole nitrogens is 1. The van der Waals surface area contributed by atoms with Gasteiger partial charge in [0.2, 0.25) is 0 Å². The standard InChI is InChI=1S/C28H34N2O2S/c1-4-20-7-5-10-27-23(20)15-28(33-27)21-11-12-30(19(3)14-21)16-22(31)17-32-26-9-6-8-25-24(26)13-18(2)29-25/h5-10,13,15,19,21-22,29,31H,4,11-12,14,16-17H2,1-3H3/t19-,21-,22+/m1/s1. The van der Waals surface area contributed by atoms with E-state index >= 15 is 0 Å². The molecule has 5 heteroatoms. The first-order chi connectivity index (χ1) is 16.0. The predicted octanol–water partition coefficient (Wildman–Crippen LogP) is 6.26. The van der Waals surface area contributed by atoms with Gasteiger partial charge in [-0.25, -0.2) is 0 Å². The van der Waals surface area contributed by atoms with Gasteiger partial charge in [-0.1, -0.05) is 25.1 Å². The maximum atomic E-state index is 10.7. The van der Waals surface area contributed by atoms with E-state index in [1.165, 1.54) is 20.5 Å². The van der Waals surface area contributed by atoms with Crippen molar-refractivity contribution in [3.05, 3.63) is 64.7 Å².